The van der Waals surface area contributed by atoms with Gasteiger partial charge in [-0.3, -0.25) is 4.79 Å². The molecule has 0 saturated heterocycles. The average Bonchev–Trinajstić information content (AvgIpc) is 2.46. The molecule has 7 heteroatoms. The van der Waals surface area contributed by atoms with E-state index in [1.807, 2.05) is 26.8 Å². The van der Waals surface area contributed by atoms with Crippen LogP contribution in [0.15, 0.2) is 30.3 Å². The van der Waals surface area contributed by atoms with Crippen LogP contribution >= 0.6 is 18.1 Å². The number of carbonyl (C=O) groups excluding carboxylic acids is 1. The SMILES string of the molecule is CCCCOC(=O)[C@H](CC(C)C)NP(=O)(Cl)Oc1ccccc1. The van der Waals surface area contributed by atoms with Gasteiger partial charge in [-0.25, -0.2) is 9.65 Å². The summed E-state index contributed by atoms with van der Waals surface area (Å²) in [5.41, 5.74) is 0. The third-order valence-electron chi connectivity index (χ3n) is 3.01. The number of hydrogen-bond acceptors (Lipinski definition) is 4. The Kier molecular flexibility index (Phi) is 8.67. The van der Waals surface area contributed by atoms with Crippen LogP contribution in [0.1, 0.15) is 40.0 Å². The lowest BCUT2D eigenvalue weighted by atomic mass is 10.1. The number of esters is 1. The number of rotatable bonds is 10. The van der Waals surface area contributed by atoms with Crippen molar-refractivity contribution in [3.05, 3.63) is 30.3 Å². The van der Waals surface area contributed by atoms with Crippen molar-refractivity contribution in [3.63, 3.8) is 0 Å². The van der Waals surface area contributed by atoms with Gasteiger partial charge in [0.25, 0.3) is 0 Å². The molecular formula is C16H25ClNO4P. The van der Waals surface area contributed by atoms with E-state index < -0.39 is 18.9 Å². The lowest BCUT2D eigenvalue weighted by Gasteiger charge is -2.22. The predicted molar refractivity (Wildman–Crippen MR) is 92.8 cm³/mol. The van der Waals surface area contributed by atoms with Crippen LogP contribution < -0.4 is 9.61 Å². The third kappa shape index (κ3) is 8.40. The Morgan fingerprint density at radius 1 is 1.30 bits per heavy atom. The van der Waals surface area contributed by atoms with E-state index in [4.69, 9.17) is 20.5 Å². The second-order valence-electron chi connectivity index (χ2n) is 5.72. The zero-order chi connectivity index (χ0) is 17.3. The molecule has 0 aliphatic carbocycles. The molecule has 1 unspecified atom stereocenters. The summed E-state index contributed by atoms with van der Waals surface area (Å²) in [4.78, 5) is 12.2. The molecular weight excluding hydrogens is 337 g/mol. The molecule has 1 N–H and O–H groups in total. The number of carbonyl (C=O) groups is 1. The van der Waals surface area contributed by atoms with Gasteiger partial charge in [-0.15, -0.1) is 0 Å². The minimum absolute atomic E-state index is 0.208. The molecule has 0 amide bonds. The topological polar surface area (TPSA) is 64.6 Å². The van der Waals surface area contributed by atoms with Crippen molar-refractivity contribution in [3.8, 4) is 5.75 Å². The van der Waals surface area contributed by atoms with Gasteiger partial charge in [0.1, 0.15) is 11.8 Å². The van der Waals surface area contributed by atoms with Crippen molar-refractivity contribution in [2.75, 3.05) is 6.61 Å². The summed E-state index contributed by atoms with van der Waals surface area (Å²) >= 11 is 5.97. The second-order valence-corrected chi connectivity index (χ2v) is 8.45. The summed E-state index contributed by atoms with van der Waals surface area (Å²) in [6.45, 7) is 2.59. The zero-order valence-corrected chi connectivity index (χ0v) is 15.5. The van der Waals surface area contributed by atoms with Crippen LogP contribution in [-0.2, 0) is 14.1 Å². The van der Waals surface area contributed by atoms with Gasteiger partial charge in [0.05, 0.1) is 6.61 Å². The first-order valence-electron chi connectivity index (χ1n) is 7.83. The maximum absolute atomic E-state index is 12.4. The van der Waals surface area contributed by atoms with E-state index in [1.54, 1.807) is 24.3 Å². The van der Waals surface area contributed by atoms with Crippen molar-refractivity contribution in [2.24, 2.45) is 5.92 Å². The van der Waals surface area contributed by atoms with Gasteiger partial charge >= 0.3 is 12.8 Å². The number of unbranched alkanes of at least 4 members (excludes halogenated alkanes) is 1. The van der Waals surface area contributed by atoms with Crippen molar-refractivity contribution < 1.29 is 18.6 Å². The van der Waals surface area contributed by atoms with Crippen LogP contribution in [0.25, 0.3) is 0 Å². The van der Waals surface area contributed by atoms with Crippen LogP contribution in [0.3, 0.4) is 0 Å². The van der Waals surface area contributed by atoms with Gasteiger partial charge in [0.15, 0.2) is 0 Å². The van der Waals surface area contributed by atoms with Gasteiger partial charge in [-0.1, -0.05) is 45.4 Å². The van der Waals surface area contributed by atoms with Gasteiger partial charge in [0, 0.05) is 11.2 Å². The van der Waals surface area contributed by atoms with Crippen LogP contribution in [0, 0.1) is 5.92 Å². The van der Waals surface area contributed by atoms with Crippen LogP contribution in [0.2, 0.25) is 0 Å². The highest BCUT2D eigenvalue weighted by Gasteiger charge is 2.31. The fourth-order valence-corrected chi connectivity index (χ4v) is 3.54. The average molecular weight is 362 g/mol. The van der Waals surface area contributed by atoms with E-state index >= 15 is 0 Å². The van der Waals surface area contributed by atoms with Crippen molar-refractivity contribution in [1.29, 1.82) is 0 Å². The quantitative estimate of drug-likeness (QED) is 0.370. The molecule has 0 saturated carbocycles. The molecule has 0 bridgehead atoms. The van der Waals surface area contributed by atoms with Gasteiger partial charge in [-0.05, 0) is 30.9 Å². The third-order valence-corrected chi connectivity index (χ3v) is 4.58. The highest BCUT2D eigenvalue weighted by Crippen LogP contribution is 2.48. The first-order chi connectivity index (χ1) is 10.8. The van der Waals surface area contributed by atoms with Gasteiger partial charge < -0.3 is 9.26 Å². The molecule has 0 aliphatic heterocycles. The number of nitrogens with one attached hydrogen (secondary N) is 1. The van der Waals surface area contributed by atoms with E-state index in [0.29, 0.717) is 18.8 Å². The van der Waals surface area contributed by atoms with E-state index in [-0.39, 0.29) is 5.92 Å². The molecule has 0 spiro atoms. The molecule has 23 heavy (non-hydrogen) atoms. The molecule has 1 aromatic rings. The standard InChI is InChI=1S/C16H25ClNO4P/c1-4-5-11-21-16(19)15(12-13(2)3)18-23(17,20)22-14-9-7-6-8-10-14/h6-10,13,15H,4-5,11-12H2,1-3H3,(H,18,20)/t15-,23?/m0/s1. The lowest BCUT2D eigenvalue weighted by molar-refractivity contribution is -0.146. The first kappa shape index (κ1) is 20.0. The fourth-order valence-electron chi connectivity index (χ4n) is 1.92. The van der Waals surface area contributed by atoms with Crippen LogP contribution in [0.4, 0.5) is 0 Å². The van der Waals surface area contributed by atoms with Crippen molar-refractivity contribution in [2.45, 2.75) is 46.1 Å². The Hall–Kier alpha value is -1.03. The molecule has 1 rings (SSSR count). The van der Waals surface area contributed by atoms with Gasteiger partial charge in [-0.2, -0.15) is 0 Å². The fraction of sp³-hybridized carbons (Fsp3) is 0.562. The normalized spacial score (nSPS) is 15.0. The highest BCUT2D eigenvalue weighted by molar-refractivity contribution is 7.84. The molecule has 130 valence electrons. The Bertz CT molecular complexity index is 524. The van der Waals surface area contributed by atoms with Crippen LogP contribution in [-0.4, -0.2) is 18.6 Å². The summed E-state index contributed by atoms with van der Waals surface area (Å²) in [6.07, 6.45) is 2.18. The monoisotopic (exact) mass is 361 g/mol. The predicted octanol–water partition coefficient (Wildman–Crippen LogP) is 4.76. The lowest BCUT2D eigenvalue weighted by Crippen LogP contribution is -2.37. The Morgan fingerprint density at radius 2 is 1.96 bits per heavy atom. The smallest absolute Gasteiger partial charge is 0.409 e. The summed E-state index contributed by atoms with van der Waals surface area (Å²) in [7, 11) is 0. The maximum Gasteiger partial charge on any atom is 0.409 e. The summed E-state index contributed by atoms with van der Waals surface area (Å²) in [5, 5.41) is 2.62. The molecule has 0 fully saturated rings. The number of ether oxygens (including phenoxy) is 1. The molecule has 0 radical (unpaired) electrons. The van der Waals surface area contributed by atoms with E-state index in [9.17, 15) is 9.36 Å². The number of benzene rings is 1. The van der Waals surface area contributed by atoms with Crippen LogP contribution in [0.5, 0.6) is 5.75 Å². The number of hydrogen-bond donors (Lipinski definition) is 1. The maximum atomic E-state index is 12.4. The summed E-state index contributed by atoms with van der Waals surface area (Å²) in [6, 6.07) is 7.83. The minimum Gasteiger partial charge on any atom is -0.465 e. The van der Waals surface area contributed by atoms with Crippen molar-refractivity contribution >= 4 is 24.1 Å². The van der Waals surface area contributed by atoms with E-state index in [0.717, 1.165) is 12.8 Å². The Balaban J connectivity index is 2.70. The number of para-hydroxylation sites is 1. The summed E-state index contributed by atoms with van der Waals surface area (Å²) < 4.78 is 22.9. The molecule has 0 aliphatic rings. The highest BCUT2D eigenvalue weighted by atomic mass is 35.7. The number of halogens is 1. The Labute approximate surface area is 143 Å². The van der Waals surface area contributed by atoms with E-state index in [1.165, 1.54) is 0 Å². The molecule has 0 aromatic heterocycles. The Morgan fingerprint density at radius 3 is 2.52 bits per heavy atom. The summed E-state index contributed by atoms with van der Waals surface area (Å²) in [5.74, 6) is 0.130. The largest absolute Gasteiger partial charge is 0.465 e. The molecule has 0 heterocycles. The molecule has 1 aromatic carbocycles. The minimum atomic E-state index is -3.70. The van der Waals surface area contributed by atoms with Gasteiger partial charge in [0.2, 0.25) is 0 Å². The van der Waals surface area contributed by atoms with Crippen molar-refractivity contribution in [1.82, 2.24) is 5.09 Å². The first-order valence-corrected chi connectivity index (χ1v) is 10.4. The van der Waals surface area contributed by atoms with E-state index in [2.05, 4.69) is 5.09 Å². The zero-order valence-electron chi connectivity index (χ0n) is 13.8. The molecule has 2 atom stereocenters. The molecule has 5 nitrogen and oxygen atoms in total. The second kappa shape index (κ2) is 9.96.